The van der Waals surface area contributed by atoms with Crippen LogP contribution in [0.2, 0.25) is 0 Å². The number of allylic oxidation sites excluding steroid dienone is 1. The molecular weight excluding hydrogens is 374 g/mol. The van der Waals surface area contributed by atoms with E-state index in [9.17, 15) is 4.79 Å². The first-order valence-electron chi connectivity index (χ1n) is 11.3. The van der Waals surface area contributed by atoms with Crippen molar-refractivity contribution in [1.82, 2.24) is 15.3 Å². The number of hydrogen-bond donors (Lipinski definition) is 2. The third-order valence-corrected chi connectivity index (χ3v) is 6.20. The minimum atomic E-state index is 0.188. The van der Waals surface area contributed by atoms with E-state index in [0.717, 1.165) is 55.2 Å². The number of carbonyl (C=O) groups excluding carboxylic acids is 1. The molecule has 0 atom stereocenters. The van der Waals surface area contributed by atoms with Gasteiger partial charge in [0.1, 0.15) is 5.82 Å². The molecule has 2 aliphatic carbocycles. The van der Waals surface area contributed by atoms with E-state index in [4.69, 9.17) is 9.97 Å². The molecule has 2 aromatic rings. The fourth-order valence-corrected chi connectivity index (χ4v) is 4.58. The fraction of sp³-hybridized carbons (Fsp3) is 0.542. The molecule has 1 saturated carbocycles. The highest BCUT2D eigenvalue weighted by molar-refractivity contribution is 5.90. The number of amides is 1. The number of fused-ring (bicyclic) bond motifs is 1. The SMILES string of the molecule is CN(C)c1nc(N[C@H]2CC[C@@H](NC(=O)CC3=CCCCC3)CC2)nc2ccccc12. The lowest BCUT2D eigenvalue weighted by Crippen LogP contribution is -2.40. The molecule has 2 N–H and O–H groups in total. The summed E-state index contributed by atoms with van der Waals surface area (Å²) < 4.78 is 0. The molecule has 6 nitrogen and oxygen atoms in total. The van der Waals surface area contributed by atoms with Gasteiger partial charge in [-0.3, -0.25) is 4.79 Å². The minimum Gasteiger partial charge on any atom is -0.362 e. The molecular formula is C24H33N5O. The zero-order valence-electron chi connectivity index (χ0n) is 18.2. The van der Waals surface area contributed by atoms with Crippen LogP contribution >= 0.6 is 0 Å². The van der Waals surface area contributed by atoms with Gasteiger partial charge in [-0.2, -0.15) is 4.98 Å². The molecule has 2 aliphatic rings. The third kappa shape index (κ3) is 5.10. The molecule has 1 aromatic carbocycles. The second-order valence-electron chi connectivity index (χ2n) is 8.83. The average Bonchev–Trinajstić information content (AvgIpc) is 2.75. The molecule has 30 heavy (non-hydrogen) atoms. The van der Waals surface area contributed by atoms with Crippen LogP contribution in [0.5, 0.6) is 0 Å². The number of benzene rings is 1. The summed E-state index contributed by atoms with van der Waals surface area (Å²) in [6.07, 6.45) is 11.6. The largest absolute Gasteiger partial charge is 0.362 e. The van der Waals surface area contributed by atoms with E-state index in [-0.39, 0.29) is 11.9 Å². The number of hydrogen-bond acceptors (Lipinski definition) is 5. The van der Waals surface area contributed by atoms with Crippen LogP contribution < -0.4 is 15.5 Å². The Morgan fingerprint density at radius 2 is 1.83 bits per heavy atom. The van der Waals surface area contributed by atoms with Crippen molar-refractivity contribution >= 4 is 28.6 Å². The maximum absolute atomic E-state index is 12.4. The van der Waals surface area contributed by atoms with E-state index in [2.05, 4.69) is 22.8 Å². The molecule has 0 bridgehead atoms. The summed E-state index contributed by atoms with van der Waals surface area (Å²) in [5.74, 6) is 1.81. The quantitative estimate of drug-likeness (QED) is 0.694. The van der Waals surface area contributed by atoms with E-state index in [1.54, 1.807) is 0 Å². The maximum atomic E-state index is 12.4. The Morgan fingerprint density at radius 1 is 1.07 bits per heavy atom. The predicted molar refractivity (Wildman–Crippen MR) is 123 cm³/mol. The van der Waals surface area contributed by atoms with Gasteiger partial charge in [-0.05, 0) is 63.5 Å². The second kappa shape index (κ2) is 9.45. The van der Waals surface area contributed by atoms with Crippen molar-refractivity contribution in [3.05, 3.63) is 35.9 Å². The van der Waals surface area contributed by atoms with Crippen LogP contribution in [-0.2, 0) is 4.79 Å². The minimum absolute atomic E-state index is 0.188. The van der Waals surface area contributed by atoms with Gasteiger partial charge < -0.3 is 15.5 Å². The molecule has 6 heteroatoms. The summed E-state index contributed by atoms with van der Waals surface area (Å²) in [4.78, 5) is 23.9. The van der Waals surface area contributed by atoms with Crippen molar-refractivity contribution in [3.8, 4) is 0 Å². The molecule has 1 heterocycles. The van der Waals surface area contributed by atoms with Gasteiger partial charge in [-0.1, -0.05) is 23.8 Å². The van der Waals surface area contributed by atoms with Gasteiger partial charge in [0.25, 0.3) is 0 Å². The van der Waals surface area contributed by atoms with E-state index >= 15 is 0 Å². The standard InChI is InChI=1S/C24H33N5O/c1-29(2)23-20-10-6-7-11-21(20)27-24(28-23)26-19-14-12-18(13-15-19)25-22(30)16-17-8-4-3-5-9-17/h6-8,10-11,18-19H,3-5,9,12-16H2,1-2H3,(H,25,30)(H,26,27,28)/t18-,19+. The highest BCUT2D eigenvalue weighted by Gasteiger charge is 2.23. The van der Waals surface area contributed by atoms with Crippen molar-refractivity contribution < 1.29 is 4.79 Å². The second-order valence-corrected chi connectivity index (χ2v) is 8.83. The van der Waals surface area contributed by atoms with Crippen LogP contribution in [0, 0.1) is 0 Å². The average molecular weight is 408 g/mol. The molecule has 4 rings (SSSR count). The first-order valence-corrected chi connectivity index (χ1v) is 11.3. The van der Waals surface area contributed by atoms with Crippen LogP contribution in [0.3, 0.4) is 0 Å². The van der Waals surface area contributed by atoms with Crippen molar-refractivity contribution in [2.75, 3.05) is 24.3 Å². The Hall–Kier alpha value is -2.63. The van der Waals surface area contributed by atoms with E-state index in [1.807, 2.05) is 37.2 Å². The van der Waals surface area contributed by atoms with E-state index in [1.165, 1.54) is 18.4 Å². The molecule has 1 fully saturated rings. The van der Waals surface area contributed by atoms with Gasteiger partial charge in [0.05, 0.1) is 5.52 Å². The zero-order valence-corrected chi connectivity index (χ0v) is 18.2. The molecule has 1 aromatic heterocycles. The molecule has 1 amide bonds. The Morgan fingerprint density at radius 3 is 2.57 bits per heavy atom. The predicted octanol–water partition coefficient (Wildman–Crippen LogP) is 4.43. The van der Waals surface area contributed by atoms with Crippen molar-refractivity contribution in [2.45, 2.75) is 69.9 Å². The number of rotatable bonds is 6. The van der Waals surface area contributed by atoms with Gasteiger partial charge in [0.2, 0.25) is 11.9 Å². The first-order chi connectivity index (χ1) is 14.6. The summed E-state index contributed by atoms with van der Waals surface area (Å²) in [5.41, 5.74) is 2.27. The number of carbonyl (C=O) groups is 1. The number of aromatic nitrogens is 2. The fourth-order valence-electron chi connectivity index (χ4n) is 4.58. The molecule has 160 valence electrons. The summed E-state index contributed by atoms with van der Waals surface area (Å²) in [6, 6.07) is 8.75. The normalized spacial score (nSPS) is 21.7. The Bertz CT molecular complexity index is 915. The molecule has 0 spiro atoms. The topological polar surface area (TPSA) is 70.2 Å². The number of nitrogens with zero attached hydrogens (tertiary/aromatic N) is 3. The van der Waals surface area contributed by atoms with Gasteiger partial charge in [-0.25, -0.2) is 4.98 Å². The highest BCUT2D eigenvalue weighted by Crippen LogP contribution is 2.26. The van der Waals surface area contributed by atoms with Crippen LogP contribution in [0.15, 0.2) is 35.9 Å². The number of anilines is 2. The van der Waals surface area contributed by atoms with Crippen LogP contribution in [0.4, 0.5) is 11.8 Å². The number of nitrogens with one attached hydrogen (secondary N) is 2. The summed E-state index contributed by atoms with van der Waals surface area (Å²) in [6.45, 7) is 0. The lowest BCUT2D eigenvalue weighted by molar-refractivity contribution is -0.121. The Kier molecular flexibility index (Phi) is 6.50. The molecule has 0 unspecified atom stereocenters. The van der Waals surface area contributed by atoms with Gasteiger partial charge in [0, 0.05) is 38.0 Å². The van der Waals surface area contributed by atoms with Gasteiger partial charge in [0.15, 0.2) is 0 Å². The maximum Gasteiger partial charge on any atom is 0.225 e. The van der Waals surface area contributed by atoms with Gasteiger partial charge in [-0.15, -0.1) is 0 Å². The third-order valence-electron chi connectivity index (χ3n) is 6.20. The van der Waals surface area contributed by atoms with Crippen LogP contribution in [0.1, 0.15) is 57.8 Å². The number of para-hydroxylation sites is 1. The Labute approximate surface area is 179 Å². The molecule has 0 aliphatic heterocycles. The lowest BCUT2D eigenvalue weighted by Gasteiger charge is -2.30. The Balaban J connectivity index is 1.31. The van der Waals surface area contributed by atoms with E-state index < -0.39 is 0 Å². The monoisotopic (exact) mass is 407 g/mol. The first kappa shape index (κ1) is 20.6. The summed E-state index contributed by atoms with van der Waals surface area (Å²) in [5, 5.41) is 7.85. The van der Waals surface area contributed by atoms with Gasteiger partial charge >= 0.3 is 0 Å². The van der Waals surface area contributed by atoms with Crippen LogP contribution in [0.25, 0.3) is 10.9 Å². The zero-order chi connectivity index (χ0) is 20.9. The molecule has 0 radical (unpaired) electrons. The van der Waals surface area contributed by atoms with Crippen molar-refractivity contribution in [2.24, 2.45) is 0 Å². The lowest BCUT2D eigenvalue weighted by atomic mass is 9.90. The van der Waals surface area contributed by atoms with E-state index in [0.29, 0.717) is 18.4 Å². The van der Waals surface area contributed by atoms with Crippen molar-refractivity contribution in [1.29, 1.82) is 0 Å². The van der Waals surface area contributed by atoms with Crippen molar-refractivity contribution in [3.63, 3.8) is 0 Å². The highest BCUT2D eigenvalue weighted by atomic mass is 16.1. The smallest absolute Gasteiger partial charge is 0.225 e. The summed E-state index contributed by atoms with van der Waals surface area (Å²) >= 11 is 0. The molecule has 0 saturated heterocycles. The van der Waals surface area contributed by atoms with Crippen LogP contribution in [-0.4, -0.2) is 42.1 Å². The summed E-state index contributed by atoms with van der Waals surface area (Å²) in [7, 11) is 4.02.